The van der Waals surface area contributed by atoms with E-state index in [4.69, 9.17) is 21.8 Å². The highest BCUT2D eigenvalue weighted by molar-refractivity contribution is 7.89. The Morgan fingerprint density at radius 1 is 1.24 bits per heavy atom. The third-order valence-corrected chi connectivity index (χ3v) is 4.96. The average Bonchev–Trinajstić information content (AvgIpc) is 2.95. The maximum Gasteiger partial charge on any atom is 0.335 e. The lowest BCUT2D eigenvalue weighted by Crippen LogP contribution is -2.15. The number of fused-ring (bicyclic) bond motifs is 1. The molecule has 7 nitrogen and oxygen atoms in total. The molecule has 9 heteroatoms. The third kappa shape index (κ3) is 3.65. The second kappa shape index (κ2) is 6.47. The zero-order valence-electron chi connectivity index (χ0n) is 12.9. The average molecular weight is 380 g/mol. The largest absolute Gasteiger partial charge is 0.478 e. The Morgan fingerprint density at radius 3 is 2.52 bits per heavy atom. The number of primary sulfonamides is 1. The number of imidazole rings is 1. The van der Waals surface area contributed by atoms with Gasteiger partial charge in [0.2, 0.25) is 10.0 Å². The summed E-state index contributed by atoms with van der Waals surface area (Å²) in [6.07, 6.45) is 2.09. The molecule has 0 aliphatic heterocycles. The first-order valence-electron chi connectivity index (χ1n) is 7.25. The summed E-state index contributed by atoms with van der Waals surface area (Å²) in [6.45, 7) is 0.451. The van der Waals surface area contributed by atoms with E-state index < -0.39 is 16.0 Å². The number of carboxylic acid groups (broad SMARTS) is 1. The van der Waals surface area contributed by atoms with Crippen molar-refractivity contribution < 1.29 is 18.3 Å². The molecule has 3 rings (SSSR count). The molecule has 0 saturated carbocycles. The number of nitrogens with zero attached hydrogens (tertiary/aromatic N) is 2. The molecular weight excluding hydrogens is 366 g/mol. The number of carbonyl (C=O) groups is 1. The monoisotopic (exact) mass is 379 g/mol. The molecule has 0 unspecified atom stereocenters. The van der Waals surface area contributed by atoms with Crippen LogP contribution in [0.1, 0.15) is 15.9 Å². The highest BCUT2D eigenvalue weighted by Crippen LogP contribution is 2.24. The first kappa shape index (κ1) is 17.4. The molecule has 0 fully saturated rings. The van der Waals surface area contributed by atoms with E-state index in [0.29, 0.717) is 23.5 Å². The number of halogens is 1. The zero-order valence-corrected chi connectivity index (χ0v) is 14.5. The summed E-state index contributed by atoms with van der Waals surface area (Å²) in [5, 5.41) is 15.0. The lowest BCUT2D eigenvalue weighted by molar-refractivity contribution is 0.0697. The van der Waals surface area contributed by atoms with E-state index in [1.807, 2.05) is 12.1 Å². The molecular formula is C16H14ClN3O4S. The second-order valence-electron chi connectivity index (χ2n) is 5.51. The van der Waals surface area contributed by atoms with Crippen LogP contribution in [0.5, 0.6) is 0 Å². The van der Waals surface area contributed by atoms with Crippen LogP contribution in [-0.2, 0) is 23.0 Å². The lowest BCUT2D eigenvalue weighted by atomic mass is 10.1. The SMILES string of the molecule is NS(=O)(=O)c1cc(C(=O)O)cc2ncn(CCc3ccc(Cl)cc3)c12. The first-order chi connectivity index (χ1) is 11.8. The van der Waals surface area contributed by atoms with Crippen LogP contribution in [0.25, 0.3) is 11.0 Å². The van der Waals surface area contributed by atoms with Gasteiger partial charge in [0.05, 0.1) is 22.9 Å². The molecule has 25 heavy (non-hydrogen) atoms. The number of benzene rings is 2. The topological polar surface area (TPSA) is 115 Å². The molecule has 0 aliphatic carbocycles. The summed E-state index contributed by atoms with van der Waals surface area (Å²) in [6, 6.07) is 9.69. The van der Waals surface area contributed by atoms with Gasteiger partial charge >= 0.3 is 5.97 Å². The van der Waals surface area contributed by atoms with E-state index in [9.17, 15) is 13.2 Å². The standard InChI is InChI=1S/C16H14ClN3O4S/c17-12-3-1-10(2-4-12)5-6-20-9-19-13-7-11(16(21)22)8-14(15(13)20)25(18,23)24/h1-4,7-9H,5-6H2,(H,21,22)(H2,18,23,24). The number of rotatable bonds is 5. The number of aromatic carboxylic acids is 1. The second-order valence-corrected chi connectivity index (χ2v) is 7.47. The van der Waals surface area contributed by atoms with Crippen molar-refractivity contribution in [3.8, 4) is 0 Å². The van der Waals surface area contributed by atoms with Crippen LogP contribution in [0.2, 0.25) is 5.02 Å². The van der Waals surface area contributed by atoms with Crippen molar-refractivity contribution in [2.45, 2.75) is 17.9 Å². The van der Waals surface area contributed by atoms with Gasteiger partial charge < -0.3 is 9.67 Å². The minimum atomic E-state index is -4.11. The van der Waals surface area contributed by atoms with Crippen LogP contribution in [0.4, 0.5) is 0 Å². The molecule has 0 saturated heterocycles. The van der Waals surface area contributed by atoms with E-state index in [1.54, 1.807) is 16.7 Å². The molecule has 3 aromatic rings. The number of nitrogens with two attached hydrogens (primary N) is 1. The molecule has 1 heterocycles. The van der Waals surface area contributed by atoms with Gasteiger partial charge in [0.15, 0.2) is 0 Å². The number of aromatic nitrogens is 2. The van der Waals surface area contributed by atoms with Crippen molar-refractivity contribution in [2.24, 2.45) is 5.14 Å². The van der Waals surface area contributed by atoms with Crippen molar-refractivity contribution in [3.05, 3.63) is 58.9 Å². The summed E-state index contributed by atoms with van der Waals surface area (Å²) in [5.74, 6) is -1.25. The molecule has 0 bridgehead atoms. The van der Waals surface area contributed by atoms with Gasteiger partial charge in [-0.15, -0.1) is 0 Å². The van der Waals surface area contributed by atoms with Gasteiger partial charge in [0.25, 0.3) is 0 Å². The quantitative estimate of drug-likeness (QED) is 0.705. The summed E-state index contributed by atoms with van der Waals surface area (Å²) >= 11 is 5.86. The Bertz CT molecular complexity index is 1060. The van der Waals surface area contributed by atoms with Crippen LogP contribution < -0.4 is 5.14 Å². The smallest absolute Gasteiger partial charge is 0.335 e. The van der Waals surface area contributed by atoms with Crippen LogP contribution in [0.3, 0.4) is 0 Å². The molecule has 1 aromatic heterocycles. The lowest BCUT2D eigenvalue weighted by Gasteiger charge is -2.09. The fraction of sp³-hybridized carbons (Fsp3) is 0.125. The fourth-order valence-electron chi connectivity index (χ4n) is 2.58. The van der Waals surface area contributed by atoms with Crippen LogP contribution in [-0.4, -0.2) is 29.0 Å². The molecule has 0 amide bonds. The predicted molar refractivity (Wildman–Crippen MR) is 93.2 cm³/mol. The normalized spacial score (nSPS) is 11.8. The number of aryl methyl sites for hydroxylation is 2. The van der Waals surface area contributed by atoms with Crippen LogP contribution >= 0.6 is 11.6 Å². The Morgan fingerprint density at radius 2 is 1.92 bits per heavy atom. The Hall–Kier alpha value is -2.42. The number of carboxylic acids is 1. The highest BCUT2D eigenvalue weighted by atomic mass is 35.5. The van der Waals surface area contributed by atoms with Crippen molar-refractivity contribution in [3.63, 3.8) is 0 Å². The van der Waals surface area contributed by atoms with E-state index in [1.165, 1.54) is 12.4 Å². The van der Waals surface area contributed by atoms with Gasteiger partial charge in [-0.1, -0.05) is 23.7 Å². The number of hydrogen-bond donors (Lipinski definition) is 2. The first-order valence-corrected chi connectivity index (χ1v) is 9.17. The summed E-state index contributed by atoms with van der Waals surface area (Å²) in [7, 11) is -4.11. The van der Waals surface area contributed by atoms with Gasteiger partial charge in [-0.2, -0.15) is 0 Å². The van der Waals surface area contributed by atoms with Gasteiger partial charge in [0.1, 0.15) is 4.90 Å². The van der Waals surface area contributed by atoms with Crippen molar-refractivity contribution in [1.29, 1.82) is 0 Å². The molecule has 0 spiro atoms. The molecule has 0 radical (unpaired) electrons. The van der Waals surface area contributed by atoms with Crippen molar-refractivity contribution in [1.82, 2.24) is 9.55 Å². The minimum absolute atomic E-state index is 0.181. The molecule has 3 N–H and O–H groups in total. The van der Waals surface area contributed by atoms with Crippen LogP contribution in [0.15, 0.2) is 47.6 Å². The van der Waals surface area contributed by atoms with Crippen LogP contribution in [0, 0.1) is 0 Å². The highest BCUT2D eigenvalue weighted by Gasteiger charge is 2.20. The number of hydrogen-bond acceptors (Lipinski definition) is 4. The van der Waals surface area contributed by atoms with E-state index >= 15 is 0 Å². The maximum atomic E-state index is 11.9. The Labute approximate surface area is 148 Å². The molecule has 130 valence electrons. The van der Waals surface area contributed by atoms with Gasteiger partial charge in [0, 0.05) is 11.6 Å². The molecule has 0 atom stereocenters. The third-order valence-electron chi connectivity index (χ3n) is 3.79. The molecule has 0 aliphatic rings. The number of sulfonamides is 1. The Balaban J connectivity index is 2.04. The minimum Gasteiger partial charge on any atom is -0.478 e. The zero-order chi connectivity index (χ0) is 18.2. The molecule has 2 aromatic carbocycles. The van der Waals surface area contributed by atoms with Crippen molar-refractivity contribution in [2.75, 3.05) is 0 Å². The van der Waals surface area contributed by atoms with E-state index in [-0.39, 0.29) is 16.0 Å². The van der Waals surface area contributed by atoms with Gasteiger partial charge in [-0.25, -0.2) is 23.3 Å². The fourth-order valence-corrected chi connectivity index (χ4v) is 3.49. The van der Waals surface area contributed by atoms with Gasteiger partial charge in [-0.05, 0) is 36.2 Å². The van der Waals surface area contributed by atoms with Crippen molar-refractivity contribution >= 4 is 38.6 Å². The maximum absolute atomic E-state index is 11.9. The summed E-state index contributed by atoms with van der Waals surface area (Å²) in [4.78, 5) is 15.1. The summed E-state index contributed by atoms with van der Waals surface area (Å²) < 4.78 is 25.5. The Kier molecular flexibility index (Phi) is 4.51. The van der Waals surface area contributed by atoms with Gasteiger partial charge in [-0.3, -0.25) is 0 Å². The summed E-state index contributed by atoms with van der Waals surface area (Å²) in [5.41, 5.74) is 1.39. The van der Waals surface area contributed by atoms with E-state index in [2.05, 4.69) is 4.98 Å². The predicted octanol–water partition coefficient (Wildman–Crippen LogP) is 2.28. The van der Waals surface area contributed by atoms with E-state index in [0.717, 1.165) is 11.6 Å².